The lowest BCUT2D eigenvalue weighted by Gasteiger charge is -2.24. The van der Waals surface area contributed by atoms with Crippen LogP contribution in [-0.4, -0.2) is 36.4 Å². The van der Waals surface area contributed by atoms with Crippen LogP contribution in [0.25, 0.3) is 5.57 Å². The molecular formula is C27H22BrN3O6S. The van der Waals surface area contributed by atoms with E-state index in [1.807, 2.05) is 25.1 Å². The molecule has 0 unspecified atom stereocenters. The van der Waals surface area contributed by atoms with Gasteiger partial charge in [0.15, 0.2) is 16.3 Å². The Kier molecular flexibility index (Phi) is 5.99. The monoisotopic (exact) mass is 595 g/mol. The van der Waals surface area contributed by atoms with E-state index in [4.69, 9.17) is 14.2 Å². The van der Waals surface area contributed by atoms with Gasteiger partial charge in [-0.2, -0.15) is 0 Å². The third-order valence-electron chi connectivity index (χ3n) is 6.73. The van der Waals surface area contributed by atoms with Crippen LogP contribution in [0.15, 0.2) is 61.9 Å². The van der Waals surface area contributed by atoms with Gasteiger partial charge >= 0.3 is 5.97 Å². The third kappa shape index (κ3) is 3.64. The number of likely N-dealkylation sites (N-methyl/N-ethyl adjacent to an activating group) is 1. The summed E-state index contributed by atoms with van der Waals surface area (Å²) in [6.07, 6.45) is 0. The van der Waals surface area contributed by atoms with Crippen molar-refractivity contribution in [2.75, 3.05) is 24.8 Å². The van der Waals surface area contributed by atoms with Crippen molar-refractivity contribution in [1.29, 1.82) is 0 Å². The number of hydrogen-bond donors (Lipinski definition) is 0. The van der Waals surface area contributed by atoms with Gasteiger partial charge in [0.25, 0.3) is 11.5 Å². The molecule has 9 nitrogen and oxygen atoms in total. The van der Waals surface area contributed by atoms with E-state index in [-0.39, 0.29) is 29.4 Å². The lowest BCUT2D eigenvalue weighted by atomic mass is 9.95. The second-order valence-electron chi connectivity index (χ2n) is 8.82. The second-order valence-corrected chi connectivity index (χ2v) is 10.7. The van der Waals surface area contributed by atoms with E-state index in [1.54, 1.807) is 36.9 Å². The Hall–Kier alpha value is -3.70. The number of rotatable bonds is 4. The van der Waals surface area contributed by atoms with Crippen LogP contribution < -0.4 is 29.3 Å². The molecule has 1 amide bonds. The highest BCUT2D eigenvalue weighted by atomic mass is 79.9. The molecule has 0 saturated carbocycles. The fourth-order valence-electron chi connectivity index (χ4n) is 5.08. The van der Waals surface area contributed by atoms with E-state index in [1.165, 1.54) is 4.57 Å². The van der Waals surface area contributed by atoms with E-state index < -0.39 is 17.6 Å². The summed E-state index contributed by atoms with van der Waals surface area (Å²) in [7, 11) is 0. The first-order valence-electron chi connectivity index (χ1n) is 12.1. The average molecular weight is 596 g/mol. The Morgan fingerprint density at radius 1 is 1.16 bits per heavy atom. The molecule has 0 spiro atoms. The Bertz CT molecular complexity index is 1750. The predicted molar refractivity (Wildman–Crippen MR) is 144 cm³/mol. The highest BCUT2D eigenvalue weighted by Crippen LogP contribution is 2.39. The van der Waals surface area contributed by atoms with E-state index in [2.05, 4.69) is 20.9 Å². The van der Waals surface area contributed by atoms with Gasteiger partial charge in [0.2, 0.25) is 6.79 Å². The fourth-order valence-corrected chi connectivity index (χ4v) is 6.58. The second kappa shape index (κ2) is 9.25. The summed E-state index contributed by atoms with van der Waals surface area (Å²) in [6.45, 7) is 6.06. The molecule has 11 heteroatoms. The van der Waals surface area contributed by atoms with Gasteiger partial charge in [-0.15, -0.1) is 0 Å². The number of benzene rings is 2. The molecule has 0 radical (unpaired) electrons. The average Bonchev–Trinajstić information content (AvgIpc) is 3.56. The van der Waals surface area contributed by atoms with Gasteiger partial charge in [-0.3, -0.25) is 14.2 Å². The third-order valence-corrected chi connectivity index (χ3v) is 8.27. The fraction of sp³-hybridized carbons (Fsp3) is 0.259. The Morgan fingerprint density at radius 2 is 1.95 bits per heavy atom. The molecule has 2 aromatic carbocycles. The lowest BCUT2D eigenvalue weighted by Crippen LogP contribution is -2.41. The maximum absolute atomic E-state index is 14.2. The summed E-state index contributed by atoms with van der Waals surface area (Å²) >= 11 is 4.63. The van der Waals surface area contributed by atoms with Gasteiger partial charge in [-0.1, -0.05) is 33.3 Å². The Labute approximate surface area is 229 Å². The molecule has 3 aliphatic rings. The lowest BCUT2D eigenvalue weighted by molar-refractivity contribution is -0.139. The minimum absolute atomic E-state index is 0.0928. The van der Waals surface area contributed by atoms with Crippen molar-refractivity contribution < 1.29 is 23.8 Å². The van der Waals surface area contributed by atoms with Gasteiger partial charge in [0.1, 0.15) is 4.53 Å². The zero-order chi connectivity index (χ0) is 26.7. The molecule has 1 atom stereocenters. The van der Waals surface area contributed by atoms with Crippen molar-refractivity contribution >= 4 is 50.4 Å². The molecule has 4 heterocycles. The first kappa shape index (κ1) is 24.6. The van der Waals surface area contributed by atoms with Crippen molar-refractivity contribution in [1.82, 2.24) is 4.57 Å². The number of ether oxygens (including phenoxy) is 3. The minimum Gasteiger partial charge on any atom is -0.463 e. The maximum atomic E-state index is 14.2. The van der Waals surface area contributed by atoms with Crippen molar-refractivity contribution in [2.24, 2.45) is 4.99 Å². The standard InChI is InChI=1S/C27H22BrN3O6S/c1-4-30-17-8-7-15(28)11-16(17)21(24(30)32)23-25(33)31-22(14-6-9-18-19(10-14)37-12-36-18)20(26(34)35-5-2)13(3)29-27(31)38-23/h6-11,22H,4-5,12H2,1-3H3/b23-21+/t22-/m0/s1. The molecule has 38 heavy (non-hydrogen) atoms. The van der Waals surface area contributed by atoms with Gasteiger partial charge in [0, 0.05) is 16.6 Å². The highest BCUT2D eigenvalue weighted by Gasteiger charge is 2.37. The minimum atomic E-state index is -0.824. The van der Waals surface area contributed by atoms with E-state index >= 15 is 0 Å². The normalized spacial score (nSPS) is 18.9. The van der Waals surface area contributed by atoms with Crippen LogP contribution in [-0.2, 0) is 14.3 Å². The largest absolute Gasteiger partial charge is 0.463 e. The van der Waals surface area contributed by atoms with Crippen LogP contribution in [0.4, 0.5) is 5.69 Å². The number of aromatic nitrogens is 1. The van der Waals surface area contributed by atoms with Gasteiger partial charge in [0.05, 0.1) is 35.2 Å². The highest BCUT2D eigenvalue weighted by molar-refractivity contribution is 9.10. The molecule has 0 fully saturated rings. The topological polar surface area (TPSA) is 99.4 Å². The SMILES string of the molecule is CCOC(=O)C1=C(C)N=c2s/c(=C3/C(=O)N(CC)c4ccc(Br)cc43)c(=O)n2[C@H]1c1ccc2c(c1)OCO2. The number of thiazole rings is 1. The molecular weight excluding hydrogens is 574 g/mol. The smallest absolute Gasteiger partial charge is 0.338 e. The van der Waals surface area contributed by atoms with Crippen LogP contribution >= 0.6 is 27.3 Å². The number of amides is 1. The van der Waals surface area contributed by atoms with E-state index in [0.717, 1.165) is 21.5 Å². The summed E-state index contributed by atoms with van der Waals surface area (Å²) in [5.74, 6) is 0.304. The van der Waals surface area contributed by atoms with Crippen molar-refractivity contribution in [3.63, 3.8) is 0 Å². The molecule has 194 valence electrons. The number of allylic oxidation sites excluding steroid dienone is 1. The number of fused-ring (bicyclic) bond motifs is 3. The van der Waals surface area contributed by atoms with Crippen LogP contribution in [0.2, 0.25) is 0 Å². The number of hydrogen-bond acceptors (Lipinski definition) is 8. The molecule has 3 aliphatic heterocycles. The number of carbonyl (C=O) groups excluding carboxylic acids is 2. The molecule has 0 saturated heterocycles. The molecule has 0 bridgehead atoms. The summed E-state index contributed by atoms with van der Waals surface area (Å²) in [6, 6.07) is 10.1. The van der Waals surface area contributed by atoms with E-state index in [0.29, 0.717) is 45.2 Å². The molecule has 0 aliphatic carbocycles. The summed E-state index contributed by atoms with van der Waals surface area (Å²) in [4.78, 5) is 47.6. The number of carbonyl (C=O) groups is 2. The molecule has 1 aromatic heterocycles. The summed E-state index contributed by atoms with van der Waals surface area (Å²) in [5.41, 5.74) is 2.69. The summed E-state index contributed by atoms with van der Waals surface area (Å²) < 4.78 is 18.9. The zero-order valence-corrected chi connectivity index (χ0v) is 23.1. The first-order valence-corrected chi connectivity index (χ1v) is 13.7. The van der Waals surface area contributed by atoms with E-state index in [9.17, 15) is 14.4 Å². The van der Waals surface area contributed by atoms with Crippen LogP contribution in [0, 0.1) is 0 Å². The maximum Gasteiger partial charge on any atom is 0.338 e. The van der Waals surface area contributed by atoms with Crippen LogP contribution in [0.5, 0.6) is 11.5 Å². The van der Waals surface area contributed by atoms with Gasteiger partial charge in [-0.05, 0) is 56.7 Å². The molecule has 6 rings (SSSR count). The Balaban J connectivity index is 1.65. The molecule has 0 N–H and O–H groups in total. The van der Waals surface area contributed by atoms with Gasteiger partial charge in [-0.25, -0.2) is 9.79 Å². The summed E-state index contributed by atoms with van der Waals surface area (Å²) in [5, 5.41) is 0. The Morgan fingerprint density at radius 3 is 2.71 bits per heavy atom. The van der Waals surface area contributed by atoms with Gasteiger partial charge < -0.3 is 19.1 Å². The van der Waals surface area contributed by atoms with Crippen LogP contribution in [0.1, 0.15) is 37.9 Å². The first-order chi connectivity index (χ1) is 18.3. The zero-order valence-electron chi connectivity index (χ0n) is 20.7. The van der Waals surface area contributed by atoms with Crippen molar-refractivity contribution in [3.8, 4) is 11.5 Å². The number of nitrogens with zero attached hydrogens (tertiary/aromatic N) is 3. The van der Waals surface area contributed by atoms with Crippen molar-refractivity contribution in [2.45, 2.75) is 26.8 Å². The number of anilines is 1. The number of esters is 1. The van der Waals surface area contributed by atoms with Crippen LogP contribution in [0.3, 0.4) is 0 Å². The molecule has 3 aromatic rings. The number of halogens is 1. The predicted octanol–water partition coefficient (Wildman–Crippen LogP) is 3.03. The quantitative estimate of drug-likeness (QED) is 0.430. The van der Waals surface area contributed by atoms with Crippen molar-refractivity contribution in [3.05, 3.63) is 83.0 Å².